The van der Waals surface area contributed by atoms with Gasteiger partial charge in [0.25, 0.3) is 0 Å². The first-order valence-electron chi connectivity index (χ1n) is 5.33. The minimum atomic E-state index is -0.308. The van der Waals surface area contributed by atoms with Crippen LogP contribution >= 0.6 is 11.8 Å². The lowest BCUT2D eigenvalue weighted by atomic mass is 10.1. The third kappa shape index (κ3) is 8.48. The highest BCUT2D eigenvalue weighted by molar-refractivity contribution is 7.98. The molecule has 1 atom stereocenters. The van der Waals surface area contributed by atoms with Gasteiger partial charge in [-0.05, 0) is 30.8 Å². The van der Waals surface area contributed by atoms with Crippen LogP contribution in [0.2, 0.25) is 0 Å². The third-order valence-corrected chi connectivity index (χ3v) is 2.74. The molecule has 0 fully saturated rings. The summed E-state index contributed by atoms with van der Waals surface area (Å²) in [6, 6.07) is -0.308. The van der Waals surface area contributed by atoms with E-state index in [1.54, 1.807) is 11.8 Å². The summed E-state index contributed by atoms with van der Waals surface area (Å²) in [5, 5.41) is 2.74. The molecule has 0 aliphatic rings. The minimum Gasteiger partial charge on any atom is -0.347 e. The lowest BCUT2D eigenvalue weighted by Gasteiger charge is -2.12. The molecule has 0 aliphatic carbocycles. The van der Waals surface area contributed by atoms with E-state index in [-0.39, 0.29) is 11.9 Å². The Morgan fingerprint density at radius 3 is 2.53 bits per heavy atom. The second kappa shape index (κ2) is 8.77. The molecule has 88 valence electrons. The quantitative estimate of drug-likeness (QED) is 0.649. The molecule has 1 N–H and O–H groups in total. The van der Waals surface area contributed by atoms with Crippen molar-refractivity contribution < 1.29 is 9.59 Å². The summed E-state index contributed by atoms with van der Waals surface area (Å²) in [6.07, 6.45) is 4.92. The van der Waals surface area contributed by atoms with Gasteiger partial charge in [0.1, 0.15) is 6.29 Å². The maximum atomic E-state index is 11.4. The Balaban J connectivity index is 3.75. The zero-order chi connectivity index (χ0) is 11.7. The highest BCUT2D eigenvalue weighted by atomic mass is 32.2. The molecule has 0 aromatic carbocycles. The Labute approximate surface area is 96.4 Å². The van der Waals surface area contributed by atoms with Gasteiger partial charge in [0, 0.05) is 6.42 Å². The van der Waals surface area contributed by atoms with Crippen LogP contribution in [0.1, 0.15) is 33.1 Å². The zero-order valence-electron chi connectivity index (χ0n) is 9.79. The van der Waals surface area contributed by atoms with Gasteiger partial charge in [0.15, 0.2) is 0 Å². The van der Waals surface area contributed by atoms with Crippen LogP contribution in [0.3, 0.4) is 0 Å². The van der Waals surface area contributed by atoms with Crippen molar-refractivity contribution in [2.45, 2.75) is 39.2 Å². The van der Waals surface area contributed by atoms with Crippen molar-refractivity contribution in [3.8, 4) is 0 Å². The molecule has 0 aliphatic heterocycles. The molecule has 0 bridgehead atoms. The molecule has 3 nitrogen and oxygen atoms in total. The molecule has 0 saturated heterocycles. The number of carbonyl (C=O) groups is 2. The van der Waals surface area contributed by atoms with Crippen molar-refractivity contribution in [2.75, 3.05) is 12.0 Å². The molecule has 0 rings (SSSR count). The maximum absolute atomic E-state index is 11.4. The summed E-state index contributed by atoms with van der Waals surface area (Å²) in [6.45, 7) is 4.16. The predicted octanol–water partition coefficient (Wildman–Crippen LogP) is 1.86. The molecule has 0 radical (unpaired) electrons. The van der Waals surface area contributed by atoms with Gasteiger partial charge in [0.05, 0.1) is 6.04 Å². The van der Waals surface area contributed by atoms with Crippen molar-refractivity contribution in [2.24, 2.45) is 5.92 Å². The SMILES string of the molecule is CSCC[C@@H](C=O)NC(=O)CCC(C)C. The molecule has 0 saturated carbocycles. The first kappa shape index (κ1) is 14.5. The van der Waals surface area contributed by atoms with Gasteiger partial charge in [-0.15, -0.1) is 0 Å². The second-order valence-corrected chi connectivity index (χ2v) is 5.01. The average Bonchev–Trinajstić information content (AvgIpc) is 2.21. The van der Waals surface area contributed by atoms with Crippen LogP contribution in [0.4, 0.5) is 0 Å². The molecule has 0 heterocycles. The fourth-order valence-corrected chi connectivity index (χ4v) is 1.61. The number of thioether (sulfide) groups is 1. The van der Waals surface area contributed by atoms with E-state index < -0.39 is 0 Å². The van der Waals surface area contributed by atoms with E-state index in [1.165, 1.54) is 0 Å². The summed E-state index contributed by atoms with van der Waals surface area (Å²) in [5.74, 6) is 1.41. The Morgan fingerprint density at radius 1 is 1.40 bits per heavy atom. The molecule has 4 heteroatoms. The first-order valence-corrected chi connectivity index (χ1v) is 6.73. The van der Waals surface area contributed by atoms with E-state index in [9.17, 15) is 9.59 Å². The van der Waals surface area contributed by atoms with Crippen LogP contribution in [-0.2, 0) is 9.59 Å². The fraction of sp³-hybridized carbons (Fsp3) is 0.818. The molecule has 0 unspecified atom stereocenters. The van der Waals surface area contributed by atoms with Crippen molar-refractivity contribution in [1.29, 1.82) is 0 Å². The Kier molecular flexibility index (Phi) is 8.47. The summed E-state index contributed by atoms with van der Waals surface area (Å²) >= 11 is 1.68. The van der Waals surface area contributed by atoms with Gasteiger partial charge in [-0.3, -0.25) is 4.79 Å². The summed E-state index contributed by atoms with van der Waals surface area (Å²) in [5.41, 5.74) is 0. The first-order chi connectivity index (χ1) is 7.10. The summed E-state index contributed by atoms with van der Waals surface area (Å²) in [4.78, 5) is 22.1. The average molecular weight is 231 g/mol. The largest absolute Gasteiger partial charge is 0.347 e. The maximum Gasteiger partial charge on any atom is 0.220 e. The van der Waals surface area contributed by atoms with E-state index in [2.05, 4.69) is 19.2 Å². The van der Waals surface area contributed by atoms with Crippen LogP contribution in [-0.4, -0.2) is 30.2 Å². The third-order valence-electron chi connectivity index (χ3n) is 2.09. The van der Waals surface area contributed by atoms with Crippen molar-refractivity contribution in [1.82, 2.24) is 5.32 Å². The predicted molar refractivity (Wildman–Crippen MR) is 65.1 cm³/mol. The van der Waals surface area contributed by atoms with E-state index in [1.807, 2.05) is 6.26 Å². The number of nitrogens with one attached hydrogen (secondary N) is 1. The van der Waals surface area contributed by atoms with Gasteiger partial charge in [-0.1, -0.05) is 13.8 Å². The standard InChI is InChI=1S/C11H21NO2S/c1-9(2)4-5-11(14)12-10(8-13)6-7-15-3/h8-10H,4-7H2,1-3H3,(H,12,14)/t10-/m0/s1. The van der Waals surface area contributed by atoms with E-state index in [0.717, 1.165) is 24.9 Å². The van der Waals surface area contributed by atoms with E-state index >= 15 is 0 Å². The van der Waals surface area contributed by atoms with Crippen LogP contribution in [0, 0.1) is 5.92 Å². The van der Waals surface area contributed by atoms with Crippen LogP contribution in [0.25, 0.3) is 0 Å². The lowest BCUT2D eigenvalue weighted by molar-refractivity contribution is -0.124. The lowest BCUT2D eigenvalue weighted by Crippen LogP contribution is -2.36. The highest BCUT2D eigenvalue weighted by Crippen LogP contribution is 2.04. The second-order valence-electron chi connectivity index (χ2n) is 4.02. The summed E-state index contributed by atoms with van der Waals surface area (Å²) in [7, 11) is 0. The smallest absolute Gasteiger partial charge is 0.220 e. The number of amides is 1. The number of hydrogen-bond donors (Lipinski definition) is 1. The Morgan fingerprint density at radius 2 is 2.07 bits per heavy atom. The van der Waals surface area contributed by atoms with Gasteiger partial charge < -0.3 is 10.1 Å². The van der Waals surface area contributed by atoms with Gasteiger partial charge in [0.2, 0.25) is 5.91 Å². The molecular weight excluding hydrogens is 210 g/mol. The normalized spacial score (nSPS) is 12.5. The van der Waals surface area contributed by atoms with Gasteiger partial charge >= 0.3 is 0 Å². The fourth-order valence-electron chi connectivity index (χ4n) is 1.12. The molecule has 1 amide bonds. The summed E-state index contributed by atoms with van der Waals surface area (Å²) < 4.78 is 0. The van der Waals surface area contributed by atoms with Crippen LogP contribution < -0.4 is 5.32 Å². The van der Waals surface area contributed by atoms with Gasteiger partial charge in [-0.2, -0.15) is 11.8 Å². The van der Waals surface area contributed by atoms with E-state index in [4.69, 9.17) is 0 Å². The van der Waals surface area contributed by atoms with Gasteiger partial charge in [-0.25, -0.2) is 0 Å². The van der Waals surface area contributed by atoms with Crippen molar-refractivity contribution in [3.63, 3.8) is 0 Å². The molecule has 15 heavy (non-hydrogen) atoms. The molecule has 0 spiro atoms. The Bertz CT molecular complexity index is 195. The van der Waals surface area contributed by atoms with E-state index in [0.29, 0.717) is 12.3 Å². The number of aldehydes is 1. The minimum absolute atomic E-state index is 0.0121. The topological polar surface area (TPSA) is 46.2 Å². The zero-order valence-corrected chi connectivity index (χ0v) is 10.6. The number of hydrogen-bond acceptors (Lipinski definition) is 3. The number of rotatable bonds is 8. The van der Waals surface area contributed by atoms with Crippen LogP contribution in [0.15, 0.2) is 0 Å². The Hall–Kier alpha value is -0.510. The van der Waals surface area contributed by atoms with Crippen molar-refractivity contribution in [3.05, 3.63) is 0 Å². The molecular formula is C11H21NO2S. The molecule has 0 aromatic heterocycles. The van der Waals surface area contributed by atoms with Crippen molar-refractivity contribution >= 4 is 24.0 Å². The van der Waals surface area contributed by atoms with Crippen LogP contribution in [0.5, 0.6) is 0 Å². The molecule has 0 aromatic rings. The highest BCUT2D eigenvalue weighted by Gasteiger charge is 2.10. The number of carbonyl (C=O) groups excluding carboxylic acids is 2. The monoisotopic (exact) mass is 231 g/mol.